The predicted octanol–water partition coefficient (Wildman–Crippen LogP) is 3.05. The standard InChI is InChI=1S/C15H24O2/c1-10-7-14-8-13(3,4)9-15(14,16)11(2)5-6-12(10)17-14/h7,11-12,16H,5-6,8-9H2,1-4H3. The van der Waals surface area contributed by atoms with Crippen molar-refractivity contribution in [2.75, 3.05) is 0 Å². The van der Waals surface area contributed by atoms with Crippen molar-refractivity contribution in [2.24, 2.45) is 11.3 Å². The van der Waals surface area contributed by atoms with Gasteiger partial charge in [0.25, 0.3) is 0 Å². The van der Waals surface area contributed by atoms with Crippen molar-refractivity contribution in [3.05, 3.63) is 11.6 Å². The van der Waals surface area contributed by atoms with Gasteiger partial charge in [-0.05, 0) is 55.6 Å². The molecule has 0 radical (unpaired) electrons. The van der Waals surface area contributed by atoms with E-state index < -0.39 is 11.2 Å². The third kappa shape index (κ3) is 1.40. The summed E-state index contributed by atoms with van der Waals surface area (Å²) in [5.41, 5.74) is 0.434. The van der Waals surface area contributed by atoms with E-state index in [0.29, 0.717) is 5.92 Å². The maximum atomic E-state index is 11.2. The molecular formula is C15H24O2. The second-order valence-corrected chi connectivity index (χ2v) is 7.30. The molecule has 4 atom stereocenters. The Labute approximate surface area is 104 Å². The zero-order valence-corrected chi connectivity index (χ0v) is 11.4. The monoisotopic (exact) mass is 236 g/mol. The van der Waals surface area contributed by atoms with Gasteiger partial charge < -0.3 is 9.84 Å². The minimum atomic E-state index is -0.664. The summed E-state index contributed by atoms with van der Waals surface area (Å²) in [7, 11) is 0. The molecule has 3 aliphatic rings. The molecule has 1 saturated heterocycles. The summed E-state index contributed by atoms with van der Waals surface area (Å²) in [5, 5.41) is 11.2. The lowest BCUT2D eigenvalue weighted by atomic mass is 9.73. The van der Waals surface area contributed by atoms with Gasteiger partial charge in [-0.15, -0.1) is 0 Å². The van der Waals surface area contributed by atoms with Gasteiger partial charge in [0.1, 0.15) is 11.2 Å². The molecule has 1 spiro atoms. The Morgan fingerprint density at radius 3 is 2.71 bits per heavy atom. The zero-order valence-electron chi connectivity index (χ0n) is 11.4. The molecule has 0 aromatic heterocycles. The van der Waals surface area contributed by atoms with Crippen LogP contribution in [0.3, 0.4) is 0 Å². The van der Waals surface area contributed by atoms with E-state index in [0.717, 1.165) is 25.7 Å². The molecule has 1 saturated carbocycles. The molecule has 2 fully saturated rings. The normalized spacial score (nSPS) is 51.9. The Morgan fingerprint density at radius 1 is 1.29 bits per heavy atom. The first-order valence-corrected chi connectivity index (χ1v) is 6.88. The molecule has 2 nitrogen and oxygen atoms in total. The first-order chi connectivity index (χ1) is 7.78. The van der Waals surface area contributed by atoms with Crippen LogP contribution in [0.25, 0.3) is 0 Å². The van der Waals surface area contributed by atoms with Crippen molar-refractivity contribution in [1.82, 2.24) is 0 Å². The van der Waals surface area contributed by atoms with Gasteiger partial charge in [0.05, 0.1) is 6.10 Å². The third-order valence-corrected chi connectivity index (χ3v) is 5.22. The van der Waals surface area contributed by atoms with Crippen LogP contribution in [0.2, 0.25) is 0 Å². The molecule has 1 N–H and O–H groups in total. The number of hydrogen-bond acceptors (Lipinski definition) is 2. The van der Waals surface area contributed by atoms with Gasteiger partial charge in [0, 0.05) is 0 Å². The van der Waals surface area contributed by atoms with E-state index in [1.54, 1.807) is 0 Å². The Bertz CT molecular complexity index is 384. The highest BCUT2D eigenvalue weighted by molar-refractivity contribution is 5.32. The Morgan fingerprint density at radius 2 is 2.00 bits per heavy atom. The van der Waals surface area contributed by atoms with Crippen LogP contribution < -0.4 is 0 Å². The zero-order chi connectivity index (χ0) is 12.5. The van der Waals surface area contributed by atoms with Gasteiger partial charge in [0.2, 0.25) is 0 Å². The number of hydrogen-bond donors (Lipinski definition) is 1. The Kier molecular flexibility index (Phi) is 2.18. The molecule has 1 aliphatic carbocycles. The van der Waals surface area contributed by atoms with Crippen LogP contribution in [0, 0.1) is 11.3 Å². The smallest absolute Gasteiger partial charge is 0.117 e. The molecule has 0 aromatic rings. The summed E-state index contributed by atoms with van der Waals surface area (Å²) in [5.74, 6) is 0.332. The Hall–Kier alpha value is -0.340. The fraction of sp³-hybridized carbons (Fsp3) is 0.867. The highest BCUT2D eigenvalue weighted by Crippen LogP contribution is 2.60. The topological polar surface area (TPSA) is 29.5 Å². The van der Waals surface area contributed by atoms with Crippen molar-refractivity contribution in [3.63, 3.8) is 0 Å². The van der Waals surface area contributed by atoms with E-state index >= 15 is 0 Å². The van der Waals surface area contributed by atoms with Gasteiger partial charge in [-0.2, -0.15) is 0 Å². The largest absolute Gasteiger partial charge is 0.386 e. The first-order valence-electron chi connectivity index (χ1n) is 6.88. The molecule has 2 bridgehead atoms. The Balaban J connectivity index is 2.12. The van der Waals surface area contributed by atoms with Crippen LogP contribution in [0.4, 0.5) is 0 Å². The fourth-order valence-corrected chi connectivity index (χ4v) is 4.49. The lowest BCUT2D eigenvalue weighted by Gasteiger charge is -2.40. The maximum absolute atomic E-state index is 11.2. The lowest BCUT2D eigenvalue weighted by Crippen LogP contribution is -2.52. The highest BCUT2D eigenvalue weighted by Gasteiger charge is 2.65. The van der Waals surface area contributed by atoms with Crippen molar-refractivity contribution in [1.29, 1.82) is 0 Å². The molecule has 2 heterocycles. The molecule has 0 aromatic carbocycles. The fourth-order valence-electron chi connectivity index (χ4n) is 4.49. The summed E-state index contributed by atoms with van der Waals surface area (Å²) in [4.78, 5) is 0. The summed E-state index contributed by atoms with van der Waals surface area (Å²) in [6, 6.07) is 0. The van der Waals surface area contributed by atoms with Crippen molar-refractivity contribution in [2.45, 2.75) is 70.7 Å². The van der Waals surface area contributed by atoms with Crippen LogP contribution in [0.15, 0.2) is 11.6 Å². The van der Waals surface area contributed by atoms with Gasteiger partial charge in [-0.1, -0.05) is 20.8 Å². The van der Waals surface area contributed by atoms with Crippen LogP contribution >= 0.6 is 0 Å². The van der Waals surface area contributed by atoms with E-state index in [2.05, 4.69) is 33.8 Å². The average molecular weight is 236 g/mol. The van der Waals surface area contributed by atoms with E-state index in [9.17, 15) is 5.11 Å². The average Bonchev–Trinajstić information content (AvgIpc) is 2.56. The molecule has 0 amide bonds. The van der Waals surface area contributed by atoms with Crippen LogP contribution in [0.1, 0.15) is 53.4 Å². The van der Waals surface area contributed by atoms with E-state index in [1.165, 1.54) is 5.57 Å². The molecule has 2 aliphatic heterocycles. The number of ether oxygens (including phenoxy) is 1. The maximum Gasteiger partial charge on any atom is 0.117 e. The minimum absolute atomic E-state index is 0.173. The molecule has 96 valence electrons. The quantitative estimate of drug-likeness (QED) is 0.655. The number of aliphatic hydroxyl groups is 1. The van der Waals surface area contributed by atoms with Gasteiger partial charge in [-0.3, -0.25) is 0 Å². The first kappa shape index (κ1) is 11.7. The third-order valence-electron chi connectivity index (χ3n) is 5.22. The molecular weight excluding hydrogens is 212 g/mol. The van der Waals surface area contributed by atoms with Gasteiger partial charge >= 0.3 is 0 Å². The van der Waals surface area contributed by atoms with Gasteiger partial charge in [0.15, 0.2) is 0 Å². The van der Waals surface area contributed by atoms with Crippen molar-refractivity contribution in [3.8, 4) is 0 Å². The molecule has 4 unspecified atom stereocenters. The summed E-state index contributed by atoms with van der Waals surface area (Å²) < 4.78 is 6.31. The minimum Gasteiger partial charge on any atom is -0.386 e. The second-order valence-electron chi connectivity index (χ2n) is 7.30. The van der Waals surface area contributed by atoms with E-state index in [-0.39, 0.29) is 11.5 Å². The summed E-state index contributed by atoms with van der Waals surface area (Å²) in [6.07, 6.45) is 6.44. The summed E-state index contributed by atoms with van der Waals surface area (Å²) >= 11 is 0. The number of fused-ring (bicyclic) bond motifs is 1. The highest BCUT2D eigenvalue weighted by atomic mass is 16.5. The lowest BCUT2D eigenvalue weighted by molar-refractivity contribution is -0.151. The van der Waals surface area contributed by atoms with Gasteiger partial charge in [-0.25, -0.2) is 0 Å². The van der Waals surface area contributed by atoms with E-state index in [1.807, 2.05) is 0 Å². The van der Waals surface area contributed by atoms with Crippen molar-refractivity contribution >= 4 is 0 Å². The molecule has 2 heteroatoms. The SMILES string of the molecule is CC1=CC23CC(C)(C)CC2(O)C(C)CCC1O3. The number of rotatable bonds is 0. The second kappa shape index (κ2) is 3.16. The van der Waals surface area contributed by atoms with Crippen LogP contribution in [-0.2, 0) is 4.74 Å². The van der Waals surface area contributed by atoms with Crippen LogP contribution in [-0.4, -0.2) is 22.4 Å². The predicted molar refractivity (Wildman–Crippen MR) is 67.7 cm³/mol. The van der Waals surface area contributed by atoms with E-state index in [4.69, 9.17) is 4.74 Å². The van der Waals surface area contributed by atoms with Crippen LogP contribution in [0.5, 0.6) is 0 Å². The molecule has 3 rings (SSSR count). The summed E-state index contributed by atoms with van der Waals surface area (Å²) in [6.45, 7) is 8.85. The van der Waals surface area contributed by atoms with Crippen molar-refractivity contribution < 1.29 is 9.84 Å². The molecule has 17 heavy (non-hydrogen) atoms.